The van der Waals surface area contributed by atoms with Gasteiger partial charge in [0.15, 0.2) is 17.1 Å². The molecule has 0 amide bonds. The highest BCUT2D eigenvalue weighted by molar-refractivity contribution is 6.11. The van der Waals surface area contributed by atoms with Gasteiger partial charge in [-0.1, -0.05) is 26.7 Å². The minimum absolute atomic E-state index is 0.0298. The van der Waals surface area contributed by atoms with Gasteiger partial charge in [0.2, 0.25) is 0 Å². The van der Waals surface area contributed by atoms with Gasteiger partial charge >= 0.3 is 11.3 Å². The normalized spacial score (nSPS) is 17.6. The number of carbonyl (C=O) groups excluding carboxylic acids is 2. The van der Waals surface area contributed by atoms with Crippen molar-refractivity contribution in [3.05, 3.63) is 67.4 Å². The number of phenolic OH excluding ortho intramolecular Hbond substituents is 2. The standard InChI is InChI=1S/2C16H16O5/c1-3-4-9-6-13(18)21-11-7-12-15(16(19)14(9)11)10(17)5-8(2)20-12;1-3-4-9-6-13(19)21-16-14(9)11(18)7-12-15(16)10(17)5-8(2)20-12/h6-8,19H,3-5H2,1-2H3;6-8,18H,3-5H2,1-2H3. The molecule has 42 heavy (non-hydrogen) atoms. The van der Waals surface area contributed by atoms with Crippen molar-refractivity contribution in [1.82, 2.24) is 0 Å². The maximum Gasteiger partial charge on any atom is 0.336 e. The Labute approximate surface area is 240 Å². The molecule has 4 heterocycles. The van der Waals surface area contributed by atoms with E-state index in [1.165, 1.54) is 24.3 Å². The molecule has 0 aliphatic carbocycles. The van der Waals surface area contributed by atoms with E-state index >= 15 is 0 Å². The van der Waals surface area contributed by atoms with Gasteiger partial charge in [-0.25, -0.2) is 9.59 Å². The Kier molecular flexibility index (Phi) is 7.81. The number of ketones is 2. The summed E-state index contributed by atoms with van der Waals surface area (Å²) in [6, 6.07) is 5.70. The van der Waals surface area contributed by atoms with Gasteiger partial charge in [-0.15, -0.1) is 0 Å². The predicted molar refractivity (Wildman–Crippen MR) is 154 cm³/mol. The van der Waals surface area contributed by atoms with E-state index in [0.717, 1.165) is 12.8 Å². The van der Waals surface area contributed by atoms with E-state index in [0.29, 0.717) is 34.7 Å². The molecule has 2 aromatic carbocycles. The maximum atomic E-state index is 12.3. The molecule has 6 rings (SSSR count). The van der Waals surface area contributed by atoms with E-state index in [9.17, 15) is 29.4 Å². The second-order valence-electron chi connectivity index (χ2n) is 10.7. The molecule has 0 saturated heterocycles. The highest BCUT2D eigenvalue weighted by Crippen LogP contribution is 2.42. The zero-order valence-electron chi connectivity index (χ0n) is 23.9. The first kappa shape index (κ1) is 28.9. The SMILES string of the molecule is CCCc1cc(=O)oc2c3c(cc(O)c12)OC(C)CC3=O.CCCc1cc(=O)oc2cc3c(c(O)c12)C(=O)CC(C)O3. The highest BCUT2D eigenvalue weighted by atomic mass is 16.5. The molecule has 0 bridgehead atoms. The molecule has 2 aliphatic rings. The Hall–Kier alpha value is -4.60. The van der Waals surface area contributed by atoms with E-state index in [-0.39, 0.29) is 81.9 Å². The minimum Gasteiger partial charge on any atom is -0.507 e. The zero-order valence-corrected chi connectivity index (χ0v) is 23.9. The number of benzene rings is 2. The van der Waals surface area contributed by atoms with Crippen LogP contribution in [-0.2, 0) is 12.8 Å². The van der Waals surface area contributed by atoms with Crippen LogP contribution in [0.4, 0.5) is 0 Å². The molecule has 10 heteroatoms. The Morgan fingerprint density at radius 3 is 1.83 bits per heavy atom. The average Bonchev–Trinajstić information content (AvgIpc) is 2.87. The Balaban J connectivity index is 0.000000168. The van der Waals surface area contributed by atoms with Crippen molar-refractivity contribution in [2.24, 2.45) is 0 Å². The predicted octanol–water partition coefficient (Wildman–Crippen LogP) is 5.61. The number of aryl methyl sites for hydroxylation is 2. The molecule has 0 radical (unpaired) electrons. The molecule has 2 N–H and O–H groups in total. The lowest BCUT2D eigenvalue weighted by molar-refractivity contribution is 0.0858. The topological polar surface area (TPSA) is 153 Å². The number of hydrogen-bond donors (Lipinski definition) is 2. The zero-order chi connectivity index (χ0) is 30.3. The van der Waals surface area contributed by atoms with Crippen molar-refractivity contribution < 1.29 is 38.1 Å². The van der Waals surface area contributed by atoms with Crippen LogP contribution in [0.5, 0.6) is 23.0 Å². The highest BCUT2D eigenvalue weighted by Gasteiger charge is 2.31. The van der Waals surface area contributed by atoms with Crippen LogP contribution in [0.25, 0.3) is 21.9 Å². The van der Waals surface area contributed by atoms with Crippen LogP contribution in [0.2, 0.25) is 0 Å². The summed E-state index contributed by atoms with van der Waals surface area (Å²) in [4.78, 5) is 47.8. The first-order valence-electron chi connectivity index (χ1n) is 14.1. The van der Waals surface area contributed by atoms with E-state index < -0.39 is 11.3 Å². The number of aromatic hydroxyl groups is 2. The number of fused-ring (bicyclic) bond motifs is 5. The molecule has 10 nitrogen and oxygen atoms in total. The molecular formula is C32H32O10. The summed E-state index contributed by atoms with van der Waals surface area (Å²) >= 11 is 0. The Morgan fingerprint density at radius 1 is 0.714 bits per heavy atom. The van der Waals surface area contributed by atoms with Crippen LogP contribution in [0.15, 0.2) is 42.7 Å². The Bertz CT molecular complexity index is 1830. The number of ether oxygens (including phenoxy) is 2. The molecule has 0 saturated carbocycles. The molecule has 2 atom stereocenters. The van der Waals surface area contributed by atoms with Crippen LogP contribution in [0.1, 0.15) is 85.2 Å². The van der Waals surface area contributed by atoms with Gasteiger partial charge in [0.25, 0.3) is 0 Å². The number of hydrogen-bond acceptors (Lipinski definition) is 10. The number of Topliss-reactive ketones (excluding diaryl/α,β-unsaturated/α-hetero) is 2. The summed E-state index contributed by atoms with van der Waals surface area (Å²) in [6.07, 6.45) is 2.83. The summed E-state index contributed by atoms with van der Waals surface area (Å²) in [6.45, 7) is 7.52. The summed E-state index contributed by atoms with van der Waals surface area (Å²) < 4.78 is 21.6. The van der Waals surface area contributed by atoms with Gasteiger partial charge in [0.1, 0.15) is 51.9 Å². The first-order chi connectivity index (χ1) is 20.0. The summed E-state index contributed by atoms with van der Waals surface area (Å²) in [5.74, 6) is 0.0906. The summed E-state index contributed by atoms with van der Waals surface area (Å²) in [7, 11) is 0. The van der Waals surface area contributed by atoms with E-state index in [1.54, 1.807) is 13.8 Å². The van der Waals surface area contributed by atoms with Gasteiger partial charge in [-0.05, 0) is 37.8 Å². The van der Waals surface area contributed by atoms with Crippen molar-refractivity contribution in [2.75, 3.05) is 0 Å². The minimum atomic E-state index is -0.523. The largest absolute Gasteiger partial charge is 0.507 e. The van der Waals surface area contributed by atoms with Gasteiger partial charge in [-0.3, -0.25) is 9.59 Å². The molecular weight excluding hydrogens is 544 g/mol. The van der Waals surface area contributed by atoms with E-state index in [2.05, 4.69) is 0 Å². The fraction of sp³-hybridized carbons (Fsp3) is 0.375. The third kappa shape index (κ3) is 5.24. The van der Waals surface area contributed by atoms with Crippen molar-refractivity contribution >= 4 is 33.5 Å². The summed E-state index contributed by atoms with van der Waals surface area (Å²) in [5.41, 5.74) is 1.22. The average molecular weight is 577 g/mol. The lowest BCUT2D eigenvalue weighted by Crippen LogP contribution is -2.24. The fourth-order valence-corrected chi connectivity index (χ4v) is 5.64. The molecule has 2 unspecified atom stereocenters. The van der Waals surface area contributed by atoms with Crippen LogP contribution in [-0.4, -0.2) is 34.0 Å². The van der Waals surface area contributed by atoms with Gasteiger partial charge < -0.3 is 28.5 Å². The number of phenols is 2. The molecule has 2 aromatic heterocycles. The van der Waals surface area contributed by atoms with Gasteiger partial charge in [-0.2, -0.15) is 0 Å². The van der Waals surface area contributed by atoms with Gasteiger partial charge in [0, 0.05) is 37.1 Å². The summed E-state index contributed by atoms with van der Waals surface area (Å²) in [5, 5.41) is 21.6. The second kappa shape index (κ2) is 11.3. The van der Waals surface area contributed by atoms with Crippen molar-refractivity contribution in [2.45, 2.75) is 78.4 Å². The third-order valence-electron chi connectivity index (χ3n) is 7.29. The van der Waals surface area contributed by atoms with Crippen molar-refractivity contribution in [3.63, 3.8) is 0 Å². The molecule has 4 aromatic rings. The second-order valence-corrected chi connectivity index (χ2v) is 10.7. The van der Waals surface area contributed by atoms with Crippen molar-refractivity contribution in [1.29, 1.82) is 0 Å². The Morgan fingerprint density at radius 2 is 1.24 bits per heavy atom. The lowest BCUT2D eigenvalue weighted by Gasteiger charge is -2.23. The van der Waals surface area contributed by atoms with Crippen molar-refractivity contribution in [3.8, 4) is 23.0 Å². The fourth-order valence-electron chi connectivity index (χ4n) is 5.64. The monoisotopic (exact) mass is 576 g/mol. The van der Waals surface area contributed by atoms with Crippen LogP contribution >= 0.6 is 0 Å². The molecule has 0 spiro atoms. The number of carbonyl (C=O) groups is 2. The van der Waals surface area contributed by atoms with Crippen LogP contribution in [0.3, 0.4) is 0 Å². The van der Waals surface area contributed by atoms with Crippen LogP contribution < -0.4 is 20.7 Å². The van der Waals surface area contributed by atoms with E-state index in [1.807, 2.05) is 13.8 Å². The third-order valence-corrected chi connectivity index (χ3v) is 7.29. The molecule has 2 aliphatic heterocycles. The van der Waals surface area contributed by atoms with E-state index in [4.69, 9.17) is 18.3 Å². The quantitative estimate of drug-likeness (QED) is 0.293. The lowest BCUT2D eigenvalue weighted by atomic mass is 9.95. The first-order valence-corrected chi connectivity index (χ1v) is 14.1. The smallest absolute Gasteiger partial charge is 0.336 e. The number of rotatable bonds is 4. The maximum absolute atomic E-state index is 12.3. The molecule has 220 valence electrons. The van der Waals surface area contributed by atoms with Crippen LogP contribution in [0, 0.1) is 0 Å². The molecule has 0 fully saturated rings. The van der Waals surface area contributed by atoms with Gasteiger partial charge in [0.05, 0.1) is 10.8 Å².